The number of nitrogens with one attached hydrogen (secondary N) is 3. The van der Waals surface area contributed by atoms with Crippen LogP contribution in [-0.4, -0.2) is 29.1 Å². The number of benzene rings is 2. The molecule has 2 aromatic carbocycles. The first-order valence-corrected chi connectivity index (χ1v) is 12.9. The minimum absolute atomic E-state index is 0.165. The van der Waals surface area contributed by atoms with Gasteiger partial charge >= 0.3 is 0 Å². The summed E-state index contributed by atoms with van der Waals surface area (Å²) in [5.41, 5.74) is 4.16. The highest BCUT2D eigenvalue weighted by molar-refractivity contribution is 7.15. The van der Waals surface area contributed by atoms with Gasteiger partial charge in [0.05, 0.1) is 12.1 Å². The van der Waals surface area contributed by atoms with Gasteiger partial charge in [0.2, 0.25) is 5.91 Å². The number of rotatable bonds is 8. The van der Waals surface area contributed by atoms with E-state index in [9.17, 15) is 14.7 Å². The number of carbonyl (C=O) groups is 2. The Labute approximate surface area is 210 Å². The van der Waals surface area contributed by atoms with Gasteiger partial charge in [0.25, 0.3) is 5.91 Å². The second-order valence-corrected chi connectivity index (χ2v) is 10.5. The lowest BCUT2D eigenvalue weighted by molar-refractivity contribution is -0.114. The van der Waals surface area contributed by atoms with Crippen molar-refractivity contribution in [1.29, 1.82) is 0 Å². The summed E-state index contributed by atoms with van der Waals surface area (Å²) < 4.78 is 0. The fraction of sp³-hybridized carbons (Fsp3) is 0.357. The summed E-state index contributed by atoms with van der Waals surface area (Å²) in [7, 11) is 0. The number of anilines is 1. The quantitative estimate of drug-likeness (QED) is 0.350. The van der Waals surface area contributed by atoms with Gasteiger partial charge in [-0.1, -0.05) is 24.3 Å². The van der Waals surface area contributed by atoms with Crippen LogP contribution < -0.4 is 16.0 Å². The van der Waals surface area contributed by atoms with Gasteiger partial charge in [-0.05, 0) is 80.1 Å². The maximum absolute atomic E-state index is 13.0. The van der Waals surface area contributed by atoms with E-state index in [2.05, 4.69) is 40.2 Å². The number of aryl methyl sites for hydroxylation is 1. The van der Waals surface area contributed by atoms with E-state index in [1.54, 1.807) is 23.5 Å². The molecule has 1 aliphatic rings. The second kappa shape index (κ2) is 11.2. The smallest absolute Gasteiger partial charge is 0.252 e. The Kier molecular flexibility index (Phi) is 8.00. The molecule has 6 nitrogen and oxygen atoms in total. The molecule has 0 aliphatic heterocycles. The molecule has 35 heavy (non-hydrogen) atoms. The van der Waals surface area contributed by atoms with Crippen molar-refractivity contribution in [2.75, 3.05) is 5.32 Å². The molecular weight excluding hydrogens is 458 g/mol. The molecule has 1 heterocycles. The molecular formula is C28H33N3O3S. The zero-order valence-electron chi connectivity index (χ0n) is 20.4. The average molecular weight is 492 g/mol. The molecule has 2 amide bonds. The van der Waals surface area contributed by atoms with Crippen LogP contribution in [0.1, 0.15) is 65.5 Å². The Bertz CT molecular complexity index is 1210. The van der Waals surface area contributed by atoms with E-state index in [0.717, 1.165) is 42.5 Å². The van der Waals surface area contributed by atoms with Crippen LogP contribution in [0.3, 0.4) is 0 Å². The fourth-order valence-electron chi connectivity index (χ4n) is 4.48. The lowest BCUT2D eigenvalue weighted by Gasteiger charge is -2.17. The van der Waals surface area contributed by atoms with Gasteiger partial charge in [0, 0.05) is 40.5 Å². The van der Waals surface area contributed by atoms with E-state index in [1.807, 2.05) is 32.0 Å². The average Bonchev–Trinajstić information content (AvgIpc) is 3.47. The third-order valence-corrected chi connectivity index (χ3v) is 7.59. The van der Waals surface area contributed by atoms with E-state index < -0.39 is 0 Å². The van der Waals surface area contributed by atoms with Gasteiger partial charge in [-0.2, -0.15) is 0 Å². The predicted octanol–water partition coefficient (Wildman–Crippen LogP) is 5.18. The van der Waals surface area contributed by atoms with Crippen LogP contribution in [0.15, 0.2) is 54.6 Å². The number of aliphatic hydroxyl groups excluding tert-OH is 1. The molecule has 0 spiro atoms. The van der Waals surface area contributed by atoms with Crippen molar-refractivity contribution in [3.8, 4) is 10.4 Å². The van der Waals surface area contributed by atoms with Gasteiger partial charge in [0.15, 0.2) is 0 Å². The molecule has 4 N–H and O–H groups in total. The van der Waals surface area contributed by atoms with Crippen molar-refractivity contribution in [3.63, 3.8) is 0 Å². The highest BCUT2D eigenvalue weighted by Gasteiger charge is 2.22. The van der Waals surface area contributed by atoms with Gasteiger partial charge in [-0.3, -0.25) is 9.59 Å². The second-order valence-electron chi connectivity index (χ2n) is 9.34. The Balaban J connectivity index is 1.41. The summed E-state index contributed by atoms with van der Waals surface area (Å²) in [6, 6.07) is 18.1. The summed E-state index contributed by atoms with van der Waals surface area (Å²) in [5, 5.41) is 19.1. The van der Waals surface area contributed by atoms with Gasteiger partial charge < -0.3 is 21.1 Å². The van der Waals surface area contributed by atoms with Crippen molar-refractivity contribution in [2.24, 2.45) is 0 Å². The molecule has 0 radical (unpaired) electrons. The van der Waals surface area contributed by atoms with Crippen LogP contribution in [0.4, 0.5) is 5.69 Å². The zero-order valence-corrected chi connectivity index (χ0v) is 21.2. The van der Waals surface area contributed by atoms with E-state index in [-0.39, 0.29) is 24.0 Å². The van der Waals surface area contributed by atoms with Crippen molar-refractivity contribution < 1.29 is 14.7 Å². The Hall–Kier alpha value is -3.00. The summed E-state index contributed by atoms with van der Waals surface area (Å²) in [4.78, 5) is 26.8. The van der Waals surface area contributed by atoms with Crippen molar-refractivity contribution >= 4 is 28.8 Å². The van der Waals surface area contributed by atoms with Crippen LogP contribution in [0.2, 0.25) is 0 Å². The van der Waals surface area contributed by atoms with Gasteiger partial charge in [0.1, 0.15) is 0 Å². The third kappa shape index (κ3) is 6.57. The highest BCUT2D eigenvalue weighted by Crippen LogP contribution is 2.30. The van der Waals surface area contributed by atoms with E-state index >= 15 is 0 Å². The van der Waals surface area contributed by atoms with Crippen molar-refractivity contribution in [1.82, 2.24) is 10.6 Å². The lowest BCUT2D eigenvalue weighted by Crippen LogP contribution is -2.27. The Morgan fingerprint density at radius 2 is 1.94 bits per heavy atom. The summed E-state index contributed by atoms with van der Waals surface area (Å²) in [5.74, 6) is -0.343. The maximum Gasteiger partial charge on any atom is 0.252 e. The maximum atomic E-state index is 13.0. The summed E-state index contributed by atoms with van der Waals surface area (Å²) in [6.45, 7) is 6.12. The van der Waals surface area contributed by atoms with Gasteiger partial charge in [-0.15, -0.1) is 11.3 Å². The number of amides is 2. The first-order chi connectivity index (χ1) is 16.8. The van der Waals surface area contributed by atoms with Crippen molar-refractivity contribution in [2.45, 2.75) is 64.8 Å². The minimum Gasteiger partial charge on any atom is -0.393 e. The van der Waals surface area contributed by atoms with Crippen molar-refractivity contribution in [3.05, 3.63) is 76.2 Å². The number of carbonyl (C=O) groups excluding carboxylic acids is 2. The molecule has 3 aromatic rings. The zero-order chi connectivity index (χ0) is 24.9. The van der Waals surface area contributed by atoms with Crippen LogP contribution in [-0.2, 0) is 11.3 Å². The molecule has 7 heteroatoms. The van der Waals surface area contributed by atoms with Crippen LogP contribution in [0.5, 0.6) is 0 Å². The first-order valence-electron chi connectivity index (χ1n) is 12.1. The molecule has 1 fully saturated rings. The monoisotopic (exact) mass is 491 g/mol. The van der Waals surface area contributed by atoms with E-state index in [0.29, 0.717) is 17.3 Å². The lowest BCUT2D eigenvalue weighted by atomic mass is 10.0. The molecule has 1 unspecified atom stereocenters. The summed E-state index contributed by atoms with van der Waals surface area (Å²) in [6.07, 6.45) is 2.58. The fourth-order valence-corrected chi connectivity index (χ4v) is 5.44. The standard InChI is InChI=1S/C28H33N3O3S/c1-17-7-8-23(31-19(3)32)15-26(17)28(34)30-18(2)20-5-4-6-21(13-20)27-12-11-25(35-27)16-29-22-9-10-24(33)14-22/h4-8,11-13,15,18,22,24,29,33H,9-10,14,16H2,1-3H3,(H,30,34)(H,31,32)/t18?,22-,24+/m0/s1. The Morgan fingerprint density at radius 1 is 1.11 bits per heavy atom. The molecule has 1 aromatic heterocycles. The largest absolute Gasteiger partial charge is 0.393 e. The van der Waals surface area contributed by atoms with Crippen LogP contribution >= 0.6 is 11.3 Å². The van der Waals surface area contributed by atoms with E-state index in [1.165, 1.54) is 16.7 Å². The topological polar surface area (TPSA) is 90.5 Å². The van der Waals surface area contributed by atoms with Gasteiger partial charge in [-0.25, -0.2) is 0 Å². The minimum atomic E-state index is -0.179. The molecule has 0 bridgehead atoms. The SMILES string of the molecule is CC(=O)Nc1ccc(C)c(C(=O)NC(C)c2cccc(-c3ccc(CN[C@H]4CC[C@@H](O)C4)s3)c2)c1. The number of thiophene rings is 1. The third-order valence-electron chi connectivity index (χ3n) is 6.45. The van der Waals surface area contributed by atoms with E-state index in [4.69, 9.17) is 0 Å². The normalized spacial score (nSPS) is 18.3. The van der Waals surface area contributed by atoms with Crippen LogP contribution in [0, 0.1) is 6.92 Å². The number of aliphatic hydroxyl groups is 1. The molecule has 1 saturated carbocycles. The molecule has 1 aliphatic carbocycles. The number of hydrogen-bond acceptors (Lipinski definition) is 5. The number of hydrogen-bond donors (Lipinski definition) is 4. The summed E-state index contributed by atoms with van der Waals surface area (Å²) >= 11 is 1.76. The molecule has 4 rings (SSSR count). The Morgan fingerprint density at radius 3 is 2.69 bits per heavy atom. The predicted molar refractivity (Wildman–Crippen MR) is 142 cm³/mol. The first kappa shape index (κ1) is 25.1. The molecule has 184 valence electrons. The molecule has 3 atom stereocenters. The molecule has 0 saturated heterocycles. The highest BCUT2D eigenvalue weighted by atomic mass is 32.1. The van der Waals surface area contributed by atoms with Crippen LogP contribution in [0.25, 0.3) is 10.4 Å².